The van der Waals surface area contributed by atoms with Crippen LogP contribution >= 0.6 is 0 Å². The maximum atomic E-state index is 13.3. The summed E-state index contributed by atoms with van der Waals surface area (Å²) in [5, 5.41) is 8.80. The van der Waals surface area contributed by atoms with Crippen LogP contribution in [0.25, 0.3) is 0 Å². The van der Waals surface area contributed by atoms with Gasteiger partial charge in [-0.1, -0.05) is 40.2 Å². The zero-order chi connectivity index (χ0) is 19.3. The minimum absolute atomic E-state index is 0.252. The van der Waals surface area contributed by atoms with E-state index in [2.05, 4.69) is 27.7 Å². The highest BCUT2D eigenvalue weighted by Crippen LogP contribution is 2.37. The molecule has 0 saturated heterocycles. The minimum atomic E-state index is -0.500. The molecule has 1 aromatic carbocycles. The first kappa shape index (κ1) is 20.4. The minimum Gasteiger partial charge on any atom is -0.342 e. The van der Waals surface area contributed by atoms with Gasteiger partial charge in [-0.2, -0.15) is 0 Å². The van der Waals surface area contributed by atoms with E-state index >= 15 is 0 Å². The number of fused-ring (bicyclic) bond motifs is 1. The molecule has 1 aliphatic carbocycles. The Kier molecular flexibility index (Phi) is 6.81. The van der Waals surface area contributed by atoms with Gasteiger partial charge in [0.2, 0.25) is 5.91 Å². The number of nitrogens with zero attached hydrogens (tertiary/aromatic N) is 1. The second kappa shape index (κ2) is 8.67. The van der Waals surface area contributed by atoms with Crippen molar-refractivity contribution in [1.29, 1.82) is 0 Å². The van der Waals surface area contributed by atoms with Crippen LogP contribution in [0.4, 0.5) is 0 Å². The fourth-order valence-corrected chi connectivity index (χ4v) is 3.79. The highest BCUT2D eigenvalue weighted by atomic mass is 16.5. The van der Waals surface area contributed by atoms with Gasteiger partial charge in [-0.3, -0.25) is 14.8 Å². The lowest BCUT2D eigenvalue weighted by Gasteiger charge is -2.38. The van der Waals surface area contributed by atoms with Crippen LogP contribution in [-0.2, 0) is 17.6 Å². The number of carbonyl (C=O) groups excluding carboxylic acids is 2. The summed E-state index contributed by atoms with van der Waals surface area (Å²) in [6.45, 7) is 10.2. The van der Waals surface area contributed by atoms with Crippen LogP contribution in [0, 0.1) is 11.3 Å². The van der Waals surface area contributed by atoms with Gasteiger partial charge in [0.05, 0.1) is 5.41 Å². The molecule has 0 saturated carbocycles. The Morgan fingerprint density at radius 2 is 2.04 bits per heavy atom. The Balaban J connectivity index is 2.19. The molecule has 0 aliphatic heterocycles. The Morgan fingerprint density at radius 1 is 1.31 bits per heavy atom. The van der Waals surface area contributed by atoms with E-state index in [9.17, 15) is 9.59 Å². The predicted molar refractivity (Wildman–Crippen MR) is 102 cm³/mol. The van der Waals surface area contributed by atoms with Gasteiger partial charge in [0, 0.05) is 18.7 Å². The van der Waals surface area contributed by atoms with Gasteiger partial charge < -0.3 is 4.90 Å². The van der Waals surface area contributed by atoms with E-state index < -0.39 is 11.3 Å². The van der Waals surface area contributed by atoms with Gasteiger partial charge in [0.1, 0.15) is 0 Å². The molecule has 144 valence electrons. The second-order valence-corrected chi connectivity index (χ2v) is 8.16. The van der Waals surface area contributed by atoms with E-state index in [0.29, 0.717) is 17.9 Å². The van der Waals surface area contributed by atoms with Crippen molar-refractivity contribution in [2.24, 2.45) is 11.3 Å². The van der Waals surface area contributed by atoms with Crippen molar-refractivity contribution in [2.45, 2.75) is 59.8 Å². The monoisotopic (exact) mass is 360 g/mol. The maximum absolute atomic E-state index is 13.3. The molecule has 2 rings (SSSR count). The molecule has 1 aromatic rings. The van der Waals surface area contributed by atoms with Gasteiger partial charge in [-0.25, -0.2) is 5.48 Å². The number of rotatable bonds is 7. The predicted octanol–water partition coefficient (Wildman–Crippen LogP) is 3.59. The molecule has 2 N–H and O–H groups in total. The molecule has 0 bridgehead atoms. The Hall–Kier alpha value is -1.88. The van der Waals surface area contributed by atoms with Crippen LogP contribution in [0.3, 0.4) is 0 Å². The number of carbonyl (C=O) groups is 2. The maximum Gasteiger partial charge on any atom is 0.274 e. The molecule has 1 unspecified atom stereocenters. The van der Waals surface area contributed by atoms with Crippen molar-refractivity contribution in [3.63, 3.8) is 0 Å². The first-order valence-electron chi connectivity index (χ1n) is 9.66. The quantitative estimate of drug-likeness (QED) is 0.577. The normalized spacial score (nSPS) is 19.2. The summed E-state index contributed by atoms with van der Waals surface area (Å²) < 4.78 is 0. The number of hydrogen-bond donors (Lipinski definition) is 2. The first-order valence-corrected chi connectivity index (χ1v) is 9.66. The summed E-state index contributed by atoms with van der Waals surface area (Å²) in [6.07, 6.45) is 4.36. The van der Waals surface area contributed by atoms with Crippen molar-refractivity contribution in [2.75, 3.05) is 13.1 Å². The Labute approximate surface area is 156 Å². The summed E-state index contributed by atoms with van der Waals surface area (Å²) in [4.78, 5) is 27.0. The summed E-state index contributed by atoms with van der Waals surface area (Å²) in [5.41, 5.74) is 3.96. The summed E-state index contributed by atoms with van der Waals surface area (Å²) in [5.74, 6) is 0.206. The Morgan fingerprint density at radius 3 is 2.65 bits per heavy atom. The molecule has 5 nitrogen and oxygen atoms in total. The third kappa shape index (κ3) is 4.64. The van der Waals surface area contributed by atoms with Crippen LogP contribution in [0.15, 0.2) is 18.2 Å². The van der Waals surface area contributed by atoms with E-state index in [1.807, 2.05) is 17.0 Å². The molecule has 0 spiro atoms. The molecule has 5 heteroatoms. The van der Waals surface area contributed by atoms with E-state index in [4.69, 9.17) is 5.21 Å². The number of benzene rings is 1. The smallest absolute Gasteiger partial charge is 0.274 e. The van der Waals surface area contributed by atoms with Crippen molar-refractivity contribution >= 4 is 11.8 Å². The zero-order valence-corrected chi connectivity index (χ0v) is 16.5. The molecule has 26 heavy (non-hydrogen) atoms. The molecule has 1 aliphatic rings. The molecule has 2 amide bonds. The number of nitrogens with one attached hydrogen (secondary N) is 1. The number of hydrogen-bond acceptors (Lipinski definition) is 3. The van der Waals surface area contributed by atoms with Crippen molar-refractivity contribution in [1.82, 2.24) is 10.4 Å². The largest absolute Gasteiger partial charge is 0.342 e. The number of unbranched alkanes of at least 4 members (excludes halogenated alkanes) is 1. The SMILES string of the molecule is CCCCN(CC(C)C)C(=O)C1(C)CCc2cc(C(=O)NO)ccc2C1. The fourth-order valence-electron chi connectivity index (χ4n) is 3.79. The average molecular weight is 360 g/mol. The van der Waals surface area contributed by atoms with Gasteiger partial charge in [0.25, 0.3) is 5.91 Å². The molecule has 0 aromatic heterocycles. The third-order valence-corrected chi connectivity index (χ3v) is 5.27. The summed E-state index contributed by atoms with van der Waals surface area (Å²) in [7, 11) is 0. The van der Waals surface area contributed by atoms with Crippen molar-refractivity contribution in [3.05, 3.63) is 34.9 Å². The molecule has 0 heterocycles. The standard InChI is InChI=1S/C21H32N2O3/c1-5-6-11-23(14-15(2)3)20(25)21(4)10-9-16-12-17(19(24)22-26)7-8-18(16)13-21/h7-8,12,15,26H,5-6,9-11,13-14H2,1-4H3,(H,22,24). The Bertz CT molecular complexity index is 657. The number of amides is 2. The van der Waals surface area contributed by atoms with Gasteiger partial charge in [-0.15, -0.1) is 0 Å². The first-order chi connectivity index (χ1) is 12.3. The number of hydroxylamine groups is 1. The molecule has 0 fully saturated rings. The van der Waals surface area contributed by atoms with E-state index in [1.165, 1.54) is 0 Å². The lowest BCUT2D eigenvalue weighted by atomic mass is 9.71. The molecular weight excluding hydrogens is 328 g/mol. The van der Waals surface area contributed by atoms with Gasteiger partial charge >= 0.3 is 0 Å². The highest BCUT2D eigenvalue weighted by molar-refractivity contribution is 5.93. The fraction of sp³-hybridized carbons (Fsp3) is 0.619. The molecule has 1 atom stereocenters. The lowest BCUT2D eigenvalue weighted by Crippen LogP contribution is -2.47. The van der Waals surface area contributed by atoms with E-state index in [1.54, 1.807) is 11.5 Å². The van der Waals surface area contributed by atoms with Gasteiger partial charge in [0.15, 0.2) is 0 Å². The second-order valence-electron chi connectivity index (χ2n) is 8.16. The zero-order valence-electron chi connectivity index (χ0n) is 16.5. The highest BCUT2D eigenvalue weighted by Gasteiger charge is 2.39. The average Bonchev–Trinajstić information content (AvgIpc) is 2.63. The summed E-state index contributed by atoms with van der Waals surface area (Å²) >= 11 is 0. The third-order valence-electron chi connectivity index (χ3n) is 5.27. The summed E-state index contributed by atoms with van der Waals surface area (Å²) in [6, 6.07) is 5.46. The van der Waals surface area contributed by atoms with E-state index in [0.717, 1.165) is 49.9 Å². The van der Waals surface area contributed by atoms with Crippen LogP contribution < -0.4 is 5.48 Å². The van der Waals surface area contributed by atoms with Crippen LogP contribution in [-0.4, -0.2) is 35.0 Å². The number of aryl methyl sites for hydroxylation is 1. The van der Waals surface area contributed by atoms with Crippen LogP contribution in [0.1, 0.15) is 68.4 Å². The molecular formula is C21H32N2O3. The van der Waals surface area contributed by atoms with Crippen LogP contribution in [0.2, 0.25) is 0 Å². The van der Waals surface area contributed by atoms with E-state index in [-0.39, 0.29) is 5.91 Å². The van der Waals surface area contributed by atoms with Crippen molar-refractivity contribution in [3.8, 4) is 0 Å². The lowest BCUT2D eigenvalue weighted by molar-refractivity contribution is -0.142. The molecule has 0 radical (unpaired) electrons. The topological polar surface area (TPSA) is 69.6 Å². The van der Waals surface area contributed by atoms with Gasteiger partial charge in [-0.05, 0) is 54.9 Å². The van der Waals surface area contributed by atoms with Crippen molar-refractivity contribution < 1.29 is 14.8 Å². The van der Waals surface area contributed by atoms with Crippen LogP contribution in [0.5, 0.6) is 0 Å².